The number of carbonyl (C=O) groups excluding carboxylic acids is 2. The Morgan fingerprint density at radius 2 is 1.88 bits per heavy atom. The summed E-state index contributed by atoms with van der Waals surface area (Å²) in [5.74, 6) is -2.07. The molecule has 0 unspecified atom stereocenters. The van der Waals surface area contributed by atoms with Crippen molar-refractivity contribution in [2.24, 2.45) is 0 Å². The first-order valence-corrected chi connectivity index (χ1v) is 8.40. The summed E-state index contributed by atoms with van der Waals surface area (Å²) >= 11 is 0. The van der Waals surface area contributed by atoms with E-state index in [0.29, 0.717) is 0 Å². The average Bonchev–Trinajstić information content (AvgIpc) is 2.68. The number of methoxy groups -OCH3 is 2. The van der Waals surface area contributed by atoms with Crippen LogP contribution in [0.2, 0.25) is 0 Å². The van der Waals surface area contributed by atoms with Crippen LogP contribution in [0.25, 0.3) is 0 Å². The Hall–Kier alpha value is -2.61. The fourth-order valence-corrected chi connectivity index (χ4v) is 2.70. The van der Waals surface area contributed by atoms with Crippen LogP contribution < -0.4 is 10.2 Å². The number of nitrogens with one attached hydrogen (secondary N) is 1. The molecule has 1 aliphatic rings. The summed E-state index contributed by atoms with van der Waals surface area (Å²) in [5.41, 5.74) is 0.643. The summed E-state index contributed by atoms with van der Waals surface area (Å²) in [6.45, 7) is 6.66. The number of ether oxygens (including phenoxy) is 2. The molecule has 0 radical (unpaired) electrons. The lowest BCUT2D eigenvalue weighted by Gasteiger charge is -2.35. The first-order valence-electron chi connectivity index (χ1n) is 8.40. The van der Waals surface area contributed by atoms with Crippen molar-refractivity contribution in [3.63, 3.8) is 0 Å². The van der Waals surface area contributed by atoms with Crippen molar-refractivity contribution in [1.29, 1.82) is 0 Å². The molecule has 1 aromatic carbocycles. The Kier molecular flexibility index (Phi) is 6.97. The van der Waals surface area contributed by atoms with Crippen LogP contribution in [0.1, 0.15) is 6.92 Å². The molecule has 7 nitrogen and oxygen atoms in total. The third kappa shape index (κ3) is 4.95. The van der Waals surface area contributed by atoms with E-state index < -0.39 is 17.8 Å². The second kappa shape index (κ2) is 9.19. The number of halogens is 1. The minimum Gasteiger partial charge on any atom is -0.466 e. The van der Waals surface area contributed by atoms with E-state index in [1.165, 1.54) is 26.4 Å². The van der Waals surface area contributed by atoms with Crippen molar-refractivity contribution in [3.05, 3.63) is 35.8 Å². The topological polar surface area (TPSA) is 71.1 Å². The number of carbonyl (C=O) groups is 2. The molecule has 0 amide bonds. The van der Waals surface area contributed by atoms with Gasteiger partial charge in [-0.2, -0.15) is 0 Å². The molecule has 0 aliphatic carbocycles. The van der Waals surface area contributed by atoms with Crippen LogP contribution in [0.4, 0.5) is 15.8 Å². The minimum atomic E-state index is -0.797. The van der Waals surface area contributed by atoms with Gasteiger partial charge in [0, 0.05) is 31.9 Å². The van der Waals surface area contributed by atoms with E-state index in [1.807, 2.05) is 0 Å². The van der Waals surface area contributed by atoms with Gasteiger partial charge in [0.15, 0.2) is 0 Å². The van der Waals surface area contributed by atoms with Gasteiger partial charge in [-0.1, -0.05) is 6.92 Å². The predicted molar refractivity (Wildman–Crippen MR) is 96.5 cm³/mol. The Morgan fingerprint density at radius 1 is 1.19 bits per heavy atom. The van der Waals surface area contributed by atoms with Crippen molar-refractivity contribution < 1.29 is 23.5 Å². The van der Waals surface area contributed by atoms with Crippen molar-refractivity contribution in [2.45, 2.75) is 6.92 Å². The van der Waals surface area contributed by atoms with Crippen molar-refractivity contribution >= 4 is 23.3 Å². The molecule has 142 valence electrons. The largest absolute Gasteiger partial charge is 0.466 e. The van der Waals surface area contributed by atoms with Crippen LogP contribution in [0.15, 0.2) is 30.0 Å². The lowest BCUT2D eigenvalue weighted by Crippen LogP contribution is -2.46. The maximum Gasteiger partial charge on any atom is 0.354 e. The van der Waals surface area contributed by atoms with Crippen LogP contribution in [-0.2, 0) is 19.1 Å². The van der Waals surface area contributed by atoms with Crippen LogP contribution in [0.5, 0.6) is 0 Å². The maximum absolute atomic E-state index is 14.5. The van der Waals surface area contributed by atoms with Crippen molar-refractivity contribution in [3.8, 4) is 0 Å². The molecule has 1 fully saturated rings. The number of nitrogens with zero attached hydrogens (tertiary/aromatic N) is 2. The maximum atomic E-state index is 14.5. The van der Waals surface area contributed by atoms with Crippen LogP contribution in [-0.4, -0.2) is 63.8 Å². The smallest absolute Gasteiger partial charge is 0.354 e. The quantitative estimate of drug-likeness (QED) is 0.607. The van der Waals surface area contributed by atoms with E-state index in [4.69, 9.17) is 0 Å². The van der Waals surface area contributed by atoms with Gasteiger partial charge < -0.3 is 24.6 Å². The average molecular weight is 365 g/mol. The predicted octanol–water partition coefficient (Wildman–Crippen LogP) is 1.61. The fraction of sp³-hybridized carbons (Fsp3) is 0.444. The molecule has 0 bridgehead atoms. The van der Waals surface area contributed by atoms with Gasteiger partial charge in [0.2, 0.25) is 0 Å². The van der Waals surface area contributed by atoms with Gasteiger partial charge in [0.25, 0.3) is 0 Å². The van der Waals surface area contributed by atoms with Gasteiger partial charge in [-0.15, -0.1) is 0 Å². The van der Waals surface area contributed by atoms with Gasteiger partial charge in [0.1, 0.15) is 11.5 Å². The molecule has 0 atom stereocenters. The van der Waals surface area contributed by atoms with E-state index in [1.54, 1.807) is 6.07 Å². The highest BCUT2D eigenvalue weighted by Crippen LogP contribution is 2.24. The van der Waals surface area contributed by atoms with Crippen molar-refractivity contribution in [1.82, 2.24) is 4.90 Å². The molecule has 0 spiro atoms. The molecule has 1 saturated heterocycles. The molecular formula is C18H24FN3O4. The van der Waals surface area contributed by atoms with Gasteiger partial charge in [-0.05, 0) is 24.7 Å². The van der Waals surface area contributed by atoms with E-state index in [-0.39, 0.29) is 11.4 Å². The summed E-state index contributed by atoms with van der Waals surface area (Å²) < 4.78 is 23.6. The number of esters is 2. The Bertz CT molecular complexity index is 685. The fourth-order valence-electron chi connectivity index (χ4n) is 2.70. The number of likely N-dealkylation sites (N-methyl/N-ethyl adjacent to an activating group) is 1. The third-order valence-electron chi connectivity index (χ3n) is 4.28. The highest BCUT2D eigenvalue weighted by Gasteiger charge is 2.18. The number of rotatable bonds is 6. The standard InChI is InChI=1S/C18H24FN3O4/c1-4-21-7-9-22(10-8-21)13-5-6-15(14(19)11-13)20-16(18(24)26-3)12-17(23)25-2/h5-6,11-12,20H,4,7-10H2,1-3H3/b16-12+. The number of hydrogen-bond acceptors (Lipinski definition) is 7. The van der Waals surface area contributed by atoms with E-state index >= 15 is 0 Å². The van der Waals surface area contributed by atoms with Crippen molar-refractivity contribution in [2.75, 3.05) is 57.2 Å². The zero-order chi connectivity index (χ0) is 19.1. The summed E-state index contributed by atoms with van der Waals surface area (Å²) in [4.78, 5) is 27.6. The summed E-state index contributed by atoms with van der Waals surface area (Å²) in [5, 5.41) is 2.59. The molecule has 0 aromatic heterocycles. The molecule has 0 saturated carbocycles. The third-order valence-corrected chi connectivity index (χ3v) is 4.28. The number of anilines is 2. The zero-order valence-electron chi connectivity index (χ0n) is 15.3. The van der Waals surface area contributed by atoms with E-state index in [0.717, 1.165) is 44.5 Å². The molecule has 1 heterocycles. The molecule has 1 aliphatic heterocycles. The Balaban J connectivity index is 2.14. The normalized spacial score (nSPS) is 15.5. The Morgan fingerprint density at radius 3 is 2.42 bits per heavy atom. The lowest BCUT2D eigenvalue weighted by atomic mass is 10.2. The van der Waals surface area contributed by atoms with Crippen LogP contribution in [0.3, 0.4) is 0 Å². The van der Waals surface area contributed by atoms with Gasteiger partial charge in [0.05, 0.1) is 26.0 Å². The van der Waals surface area contributed by atoms with Gasteiger partial charge in [-0.25, -0.2) is 14.0 Å². The van der Waals surface area contributed by atoms with Crippen LogP contribution in [0, 0.1) is 5.82 Å². The van der Waals surface area contributed by atoms with Gasteiger partial charge in [-0.3, -0.25) is 0 Å². The first kappa shape index (κ1) is 19.7. The molecule has 2 rings (SSSR count). The molecular weight excluding hydrogens is 341 g/mol. The van der Waals surface area contributed by atoms with E-state index in [2.05, 4.69) is 31.5 Å². The highest BCUT2D eigenvalue weighted by atomic mass is 19.1. The molecule has 26 heavy (non-hydrogen) atoms. The lowest BCUT2D eigenvalue weighted by molar-refractivity contribution is -0.138. The zero-order valence-corrected chi connectivity index (χ0v) is 15.3. The number of benzene rings is 1. The molecule has 1 aromatic rings. The monoisotopic (exact) mass is 365 g/mol. The van der Waals surface area contributed by atoms with Gasteiger partial charge >= 0.3 is 11.9 Å². The summed E-state index contributed by atoms with van der Waals surface area (Å²) in [7, 11) is 2.35. The molecule has 1 N–H and O–H groups in total. The number of hydrogen-bond donors (Lipinski definition) is 1. The first-order chi connectivity index (χ1) is 12.5. The Labute approximate surface area is 152 Å². The minimum absolute atomic E-state index is 0.0708. The van der Waals surface area contributed by atoms with Crippen LogP contribution >= 0.6 is 0 Å². The number of piperazine rings is 1. The second-order valence-electron chi connectivity index (χ2n) is 5.78. The summed E-state index contributed by atoms with van der Waals surface area (Å²) in [6, 6.07) is 4.72. The SMILES string of the molecule is CCN1CCN(c2ccc(N/C(=C/C(=O)OC)C(=O)OC)c(F)c2)CC1. The molecule has 8 heteroatoms. The summed E-state index contributed by atoms with van der Waals surface area (Å²) in [6.07, 6.45) is 0.920. The second-order valence-corrected chi connectivity index (χ2v) is 5.78. The van der Waals surface area contributed by atoms with E-state index in [9.17, 15) is 14.0 Å². The highest BCUT2D eigenvalue weighted by molar-refractivity contribution is 5.98.